The number of para-hydroxylation sites is 2. The zero-order valence-corrected chi connectivity index (χ0v) is 17.7. The molecule has 0 unspecified atom stereocenters. The van der Waals surface area contributed by atoms with Gasteiger partial charge in [-0.1, -0.05) is 72.2 Å². The molecular formula is C24H17MnN2O4. The van der Waals surface area contributed by atoms with Gasteiger partial charge in [0.1, 0.15) is 0 Å². The van der Waals surface area contributed by atoms with Gasteiger partial charge in [-0.05, 0) is 42.3 Å². The van der Waals surface area contributed by atoms with Crippen molar-refractivity contribution < 1.29 is 37.2 Å². The molecule has 6 nitrogen and oxygen atoms in total. The second-order valence-corrected chi connectivity index (χ2v) is 6.30. The fourth-order valence-corrected chi connectivity index (χ4v) is 2.81. The van der Waals surface area contributed by atoms with E-state index in [1.54, 1.807) is 36.4 Å². The Balaban J connectivity index is 0.000000631. The monoisotopic (exact) mass is 452 g/mol. The van der Waals surface area contributed by atoms with Gasteiger partial charge in [-0.3, -0.25) is 0 Å². The fraction of sp³-hybridized carbons (Fsp3) is 0.0417. The number of carbonyl (C=O) groups excluding carboxylic acids is 1. The average Bonchev–Trinajstić information content (AvgIpc) is 2.74. The normalized spacial score (nSPS) is 9.71. The molecule has 0 saturated heterocycles. The number of aromatic nitrogens is 2. The number of carbonyl (C=O) groups is 1. The second kappa shape index (κ2) is 10.9. The SMILES string of the molecule is CC(=O)[O-].[Mn+3].[O-]c1ccccc1-c1cccc(-c2cccc(-c3ccccc3[O-])n2)n1. The molecule has 0 atom stereocenters. The molecule has 2 aromatic carbocycles. The summed E-state index contributed by atoms with van der Waals surface area (Å²) in [5.41, 5.74) is 3.60. The van der Waals surface area contributed by atoms with Gasteiger partial charge in [0.15, 0.2) is 0 Å². The summed E-state index contributed by atoms with van der Waals surface area (Å²) in [7, 11) is 0. The molecule has 4 aromatic rings. The number of aliphatic carboxylic acids is 1. The maximum atomic E-state index is 12.1. The molecule has 0 spiro atoms. The van der Waals surface area contributed by atoms with Gasteiger partial charge in [0.25, 0.3) is 0 Å². The predicted octanol–water partition coefficient (Wildman–Crippen LogP) is 2.38. The number of benzene rings is 2. The number of hydrogen-bond donors (Lipinski definition) is 0. The molecule has 0 N–H and O–H groups in total. The molecule has 4 rings (SSSR count). The van der Waals surface area contributed by atoms with Crippen molar-refractivity contribution in [1.29, 1.82) is 0 Å². The second-order valence-electron chi connectivity index (χ2n) is 6.30. The van der Waals surface area contributed by atoms with Crippen molar-refractivity contribution in [3.63, 3.8) is 0 Å². The first-order valence-corrected chi connectivity index (χ1v) is 9.10. The van der Waals surface area contributed by atoms with Crippen LogP contribution in [0.5, 0.6) is 11.5 Å². The number of pyridine rings is 2. The number of carboxylic acids is 1. The van der Waals surface area contributed by atoms with Gasteiger partial charge < -0.3 is 20.1 Å². The smallest absolute Gasteiger partial charge is 0.872 e. The third-order valence-corrected chi connectivity index (χ3v) is 4.09. The van der Waals surface area contributed by atoms with E-state index in [4.69, 9.17) is 9.90 Å². The van der Waals surface area contributed by atoms with Crippen LogP contribution in [0.4, 0.5) is 0 Å². The molecule has 0 aliphatic heterocycles. The minimum Gasteiger partial charge on any atom is -0.872 e. The summed E-state index contributed by atoms with van der Waals surface area (Å²) in [6.45, 7) is 0.972. The third-order valence-electron chi connectivity index (χ3n) is 4.09. The summed E-state index contributed by atoms with van der Waals surface area (Å²) in [5.74, 6) is -1.22. The van der Waals surface area contributed by atoms with Crippen molar-refractivity contribution in [2.45, 2.75) is 6.92 Å². The van der Waals surface area contributed by atoms with E-state index in [1.165, 1.54) is 12.1 Å². The van der Waals surface area contributed by atoms with Gasteiger partial charge in [-0.15, -0.1) is 0 Å². The molecule has 0 fully saturated rings. The van der Waals surface area contributed by atoms with Crippen LogP contribution in [-0.4, -0.2) is 15.9 Å². The standard InChI is InChI=1S/C22H16N2O2.C2H4O2.Mn/c25-21-13-3-1-7-15(21)17-9-5-11-19(23-17)20-12-6-10-18(24-20)16-8-2-4-14-22(16)26;1-2(3)4;/h1-14,25-26H;1H3,(H,3,4);/q;;+3/p-3. The van der Waals surface area contributed by atoms with Crippen molar-refractivity contribution >= 4 is 5.97 Å². The van der Waals surface area contributed by atoms with Crippen molar-refractivity contribution in [1.82, 2.24) is 9.97 Å². The van der Waals surface area contributed by atoms with Crippen LogP contribution in [0.15, 0.2) is 84.9 Å². The Bertz CT molecular complexity index is 1090. The van der Waals surface area contributed by atoms with Crippen LogP contribution in [0, 0.1) is 0 Å². The first kappa shape index (κ1) is 23.6. The Hall–Kier alpha value is -3.67. The number of nitrogens with zero attached hydrogens (tertiary/aromatic N) is 2. The number of hydrogen-bond acceptors (Lipinski definition) is 6. The van der Waals surface area contributed by atoms with Gasteiger partial charge in [0.2, 0.25) is 0 Å². The summed E-state index contributed by atoms with van der Waals surface area (Å²) < 4.78 is 0. The largest absolute Gasteiger partial charge is 3.00 e. The number of rotatable bonds is 3. The molecule has 0 radical (unpaired) electrons. The Morgan fingerprint density at radius 2 is 0.935 bits per heavy atom. The molecule has 2 aromatic heterocycles. The van der Waals surface area contributed by atoms with Crippen LogP contribution >= 0.6 is 0 Å². The van der Waals surface area contributed by atoms with Gasteiger partial charge >= 0.3 is 17.1 Å². The number of carboxylic acid groups (broad SMARTS) is 1. The Morgan fingerprint density at radius 3 is 1.29 bits per heavy atom. The molecule has 0 saturated carbocycles. The van der Waals surface area contributed by atoms with Gasteiger partial charge in [0, 0.05) is 5.97 Å². The van der Waals surface area contributed by atoms with Crippen molar-refractivity contribution in [2.24, 2.45) is 0 Å². The minimum atomic E-state index is -1.08. The first-order chi connectivity index (χ1) is 14.5. The van der Waals surface area contributed by atoms with E-state index < -0.39 is 5.97 Å². The van der Waals surface area contributed by atoms with Crippen LogP contribution in [-0.2, 0) is 21.9 Å². The molecule has 2 heterocycles. The van der Waals surface area contributed by atoms with Crippen molar-refractivity contribution in [3.05, 3.63) is 84.9 Å². The molecule has 0 aliphatic carbocycles. The minimum absolute atomic E-state index is 0. The van der Waals surface area contributed by atoms with E-state index in [1.807, 2.05) is 36.4 Å². The van der Waals surface area contributed by atoms with Gasteiger partial charge in [-0.2, -0.15) is 0 Å². The van der Waals surface area contributed by atoms with E-state index >= 15 is 0 Å². The molecule has 0 amide bonds. The molecule has 7 heteroatoms. The Kier molecular flexibility index (Phi) is 8.32. The quantitative estimate of drug-likeness (QED) is 0.441. The first-order valence-electron chi connectivity index (χ1n) is 9.10. The summed E-state index contributed by atoms with van der Waals surface area (Å²) in [6, 6.07) is 24.6. The predicted molar refractivity (Wildman–Crippen MR) is 108 cm³/mol. The van der Waals surface area contributed by atoms with Crippen LogP contribution < -0.4 is 15.3 Å². The van der Waals surface area contributed by atoms with Crippen LogP contribution in [0.1, 0.15) is 6.92 Å². The van der Waals surface area contributed by atoms with E-state index in [0.29, 0.717) is 33.9 Å². The summed E-state index contributed by atoms with van der Waals surface area (Å²) in [6.07, 6.45) is 0. The van der Waals surface area contributed by atoms with E-state index in [9.17, 15) is 10.2 Å². The molecule has 0 aliphatic rings. The molecule has 31 heavy (non-hydrogen) atoms. The Labute approximate surface area is 190 Å². The maximum absolute atomic E-state index is 12.1. The summed E-state index contributed by atoms with van der Waals surface area (Å²) in [5, 5.41) is 33.0. The van der Waals surface area contributed by atoms with E-state index in [0.717, 1.165) is 6.92 Å². The summed E-state index contributed by atoms with van der Waals surface area (Å²) in [4.78, 5) is 18.1. The van der Waals surface area contributed by atoms with Crippen LogP contribution in [0.3, 0.4) is 0 Å². The molecular weight excluding hydrogens is 435 g/mol. The molecule has 0 bridgehead atoms. The van der Waals surface area contributed by atoms with Gasteiger partial charge in [-0.25, -0.2) is 9.97 Å². The van der Waals surface area contributed by atoms with E-state index in [-0.39, 0.29) is 28.6 Å². The zero-order valence-electron chi connectivity index (χ0n) is 16.5. The average molecular weight is 452 g/mol. The maximum Gasteiger partial charge on any atom is 3.00 e. The van der Waals surface area contributed by atoms with Crippen LogP contribution in [0.25, 0.3) is 33.9 Å². The van der Waals surface area contributed by atoms with E-state index in [2.05, 4.69) is 9.97 Å². The fourth-order valence-electron chi connectivity index (χ4n) is 2.81. The molecule has 154 valence electrons. The summed E-state index contributed by atoms with van der Waals surface area (Å²) >= 11 is 0. The Morgan fingerprint density at radius 1 is 0.613 bits per heavy atom. The topological polar surface area (TPSA) is 112 Å². The zero-order chi connectivity index (χ0) is 21.5. The van der Waals surface area contributed by atoms with Crippen LogP contribution in [0.2, 0.25) is 0 Å². The van der Waals surface area contributed by atoms with Crippen molar-refractivity contribution in [3.8, 4) is 45.4 Å². The van der Waals surface area contributed by atoms with Crippen molar-refractivity contribution in [2.75, 3.05) is 0 Å². The third kappa shape index (κ3) is 6.15. The van der Waals surface area contributed by atoms with Gasteiger partial charge in [0.05, 0.1) is 22.8 Å².